The van der Waals surface area contributed by atoms with E-state index < -0.39 is 29.4 Å². The minimum atomic E-state index is -0.839. The Balaban J connectivity index is 0.00000169. The number of hydrogen-bond donors (Lipinski definition) is 2. The maximum absolute atomic E-state index is 13.9. The molecule has 2 N–H and O–H groups in total. The Labute approximate surface area is 411 Å². The Hall–Kier alpha value is -7.90. The molecule has 0 aromatic heterocycles. The van der Waals surface area contributed by atoms with E-state index >= 15 is 0 Å². The van der Waals surface area contributed by atoms with Crippen LogP contribution in [-0.4, -0.2) is 77.1 Å². The van der Waals surface area contributed by atoms with Gasteiger partial charge in [-0.2, -0.15) is 19.2 Å². The average Bonchev–Trinajstić information content (AvgIpc) is 3.68. The molecule has 5 aromatic rings. The van der Waals surface area contributed by atoms with E-state index in [1.807, 2.05) is 53.4 Å². The van der Waals surface area contributed by atoms with Gasteiger partial charge in [0.05, 0.1) is 17.8 Å². The lowest BCUT2D eigenvalue weighted by atomic mass is 10.0. The second-order valence-corrected chi connectivity index (χ2v) is 18.1. The van der Waals surface area contributed by atoms with E-state index in [9.17, 15) is 19.2 Å². The van der Waals surface area contributed by atoms with Gasteiger partial charge in [-0.1, -0.05) is 90.5 Å². The lowest BCUT2D eigenvalue weighted by molar-refractivity contribution is -0.193. The third-order valence-electron chi connectivity index (χ3n) is 9.91. The van der Waals surface area contributed by atoms with Crippen molar-refractivity contribution in [2.24, 2.45) is 4.99 Å². The highest BCUT2D eigenvalue weighted by Crippen LogP contribution is 2.29. The van der Waals surface area contributed by atoms with Crippen molar-refractivity contribution in [2.45, 2.75) is 97.0 Å². The molecule has 5 aromatic carbocycles. The van der Waals surface area contributed by atoms with Gasteiger partial charge in [-0.3, -0.25) is 15.4 Å². The number of carbonyl (C=O) groups is 4. The van der Waals surface area contributed by atoms with Gasteiger partial charge in [0.25, 0.3) is 0 Å². The number of halogens is 1. The molecule has 0 radical (unpaired) electrons. The molecule has 0 unspecified atom stereocenters. The molecule has 1 heterocycles. The summed E-state index contributed by atoms with van der Waals surface area (Å²) in [6.45, 7) is 10.7. The van der Waals surface area contributed by atoms with Crippen LogP contribution in [-0.2, 0) is 52.7 Å². The first-order valence-corrected chi connectivity index (χ1v) is 22.5. The van der Waals surface area contributed by atoms with Crippen LogP contribution in [0.4, 0.5) is 15.3 Å². The molecule has 6 rings (SSSR count). The molecule has 1 fully saturated rings. The summed E-state index contributed by atoms with van der Waals surface area (Å²) < 4.78 is 22.7. The van der Waals surface area contributed by atoms with Crippen LogP contribution >= 0.6 is 11.6 Å². The highest BCUT2D eigenvalue weighted by atomic mass is 35.5. The number of aliphatic imine (C=N–C) groups is 1. The SMILES string of the molecule is CC(C)(C)OC(=O)NC(=Nc1ccc(C(=O)Oc2ccc(CCC(=O)N3C[C@@H](Oc4ccc(Cc5ccccc5)cc4)C[C@H]3Cc3ccccc3)c(Cl)c2)cc1)NC(=O)OC(C)(C)C.O=C=O.O=C=O. The summed E-state index contributed by atoms with van der Waals surface area (Å²) in [5, 5.41) is 5.21. The number of nitrogens with one attached hydrogen (secondary N) is 2. The monoisotopic (exact) mass is 974 g/mol. The number of benzene rings is 5. The number of esters is 1. The Morgan fingerprint density at radius 2 is 1.20 bits per heavy atom. The first-order chi connectivity index (χ1) is 33.3. The fourth-order valence-electron chi connectivity index (χ4n) is 7.09. The van der Waals surface area contributed by atoms with Crippen LogP contribution in [0, 0.1) is 0 Å². The molecule has 0 spiro atoms. The van der Waals surface area contributed by atoms with E-state index in [0.29, 0.717) is 30.1 Å². The first kappa shape index (κ1) is 54.7. The quantitative estimate of drug-likeness (QED) is 0.0518. The molecule has 366 valence electrons. The number of alkyl carbamates (subject to hydrolysis) is 2. The molecule has 1 saturated heterocycles. The largest absolute Gasteiger partial charge is 0.489 e. The van der Waals surface area contributed by atoms with Crippen molar-refractivity contribution < 1.29 is 57.3 Å². The highest BCUT2D eigenvalue weighted by Gasteiger charge is 2.36. The zero-order valence-electron chi connectivity index (χ0n) is 39.7. The number of ether oxygens (including phenoxy) is 4. The van der Waals surface area contributed by atoms with Crippen LogP contribution in [0.2, 0.25) is 5.02 Å². The topological polar surface area (TPSA) is 213 Å². The van der Waals surface area contributed by atoms with Crippen molar-refractivity contribution in [1.82, 2.24) is 15.5 Å². The second kappa shape index (κ2) is 26.6. The normalized spacial score (nSPS) is 13.8. The van der Waals surface area contributed by atoms with Crippen LogP contribution in [0.3, 0.4) is 0 Å². The second-order valence-electron chi connectivity index (χ2n) is 17.7. The van der Waals surface area contributed by atoms with Crippen LogP contribution in [0.15, 0.2) is 132 Å². The minimum Gasteiger partial charge on any atom is -0.489 e. The Morgan fingerprint density at radius 1 is 0.686 bits per heavy atom. The summed E-state index contributed by atoms with van der Waals surface area (Å²) in [5.41, 5.74) is 3.26. The van der Waals surface area contributed by atoms with Gasteiger partial charge in [-0.05, 0) is 132 Å². The van der Waals surface area contributed by atoms with Crippen molar-refractivity contribution in [3.63, 3.8) is 0 Å². The molecule has 1 aliphatic rings. The molecule has 2 atom stereocenters. The van der Waals surface area contributed by atoms with Crippen molar-refractivity contribution in [1.29, 1.82) is 0 Å². The summed E-state index contributed by atoms with van der Waals surface area (Å²) in [6.07, 6.45) is 1.57. The lowest BCUT2D eigenvalue weighted by Crippen LogP contribution is -2.47. The summed E-state index contributed by atoms with van der Waals surface area (Å²) in [4.78, 5) is 90.8. The van der Waals surface area contributed by atoms with Gasteiger partial charge in [0.2, 0.25) is 11.9 Å². The van der Waals surface area contributed by atoms with E-state index in [-0.39, 0.29) is 54.0 Å². The van der Waals surface area contributed by atoms with E-state index in [2.05, 4.69) is 52.0 Å². The zero-order chi connectivity index (χ0) is 51.3. The van der Waals surface area contributed by atoms with Crippen molar-refractivity contribution in [3.8, 4) is 11.5 Å². The third kappa shape index (κ3) is 19.4. The summed E-state index contributed by atoms with van der Waals surface area (Å²) >= 11 is 6.69. The standard InChI is InChI=1S/C51H55ClN4O8.2CO2/c1-50(2,3)63-48(59)54-47(55-49(60)64-51(4,5)6)53-39-23-19-38(20-24-39)46(58)62-42-27-21-37(44(52)32-42)22-28-45(57)56-33-43(31-40(56)30-35-15-11-8-12-16-35)61-41-25-17-36(18-26-41)29-34-13-9-7-10-14-34;2*2-1-3/h7-21,23-27,32,40,43H,22,28-31,33H2,1-6H3,(H2,53,54,55,59,60);;/t40-,43+;;/m1../s1. The number of guanidine groups is 1. The molecular weight excluding hydrogens is 920 g/mol. The summed E-state index contributed by atoms with van der Waals surface area (Å²) in [7, 11) is 0. The molecule has 0 bridgehead atoms. The van der Waals surface area contributed by atoms with E-state index in [1.165, 1.54) is 35.4 Å². The highest BCUT2D eigenvalue weighted by molar-refractivity contribution is 6.31. The van der Waals surface area contributed by atoms with Crippen molar-refractivity contribution >= 4 is 59.6 Å². The smallest absolute Gasteiger partial charge is 0.414 e. The number of likely N-dealkylation sites (tertiary alicyclic amines) is 1. The summed E-state index contributed by atoms with van der Waals surface area (Å²) in [6, 6.07) is 39.6. The van der Waals surface area contributed by atoms with Crippen LogP contribution in [0.1, 0.15) is 87.0 Å². The minimum absolute atomic E-state index is 0.0120. The number of carbonyl (C=O) groups excluding carboxylic acids is 8. The average molecular weight is 975 g/mol. The van der Waals surface area contributed by atoms with Gasteiger partial charge >= 0.3 is 30.5 Å². The number of rotatable bonds is 12. The number of aryl methyl sites for hydroxylation is 1. The maximum Gasteiger partial charge on any atom is 0.414 e. The van der Waals surface area contributed by atoms with Gasteiger partial charge in [0, 0.05) is 23.9 Å². The Bertz CT molecular complexity index is 2570. The molecular formula is C53H55ClN4O12. The van der Waals surface area contributed by atoms with E-state index in [0.717, 1.165) is 29.7 Å². The number of hydrogen-bond acceptors (Lipinski definition) is 13. The van der Waals surface area contributed by atoms with E-state index in [4.69, 9.17) is 49.7 Å². The molecule has 16 nitrogen and oxygen atoms in total. The number of nitrogens with zero attached hydrogens (tertiary/aromatic N) is 2. The van der Waals surface area contributed by atoms with E-state index in [1.54, 1.807) is 59.7 Å². The number of amides is 3. The summed E-state index contributed by atoms with van der Waals surface area (Å²) in [5.74, 6) is 0.136. The lowest BCUT2D eigenvalue weighted by Gasteiger charge is -2.24. The zero-order valence-corrected chi connectivity index (χ0v) is 40.4. The van der Waals surface area contributed by atoms with Crippen LogP contribution in [0.25, 0.3) is 0 Å². The predicted octanol–water partition coefficient (Wildman–Crippen LogP) is 9.24. The predicted molar refractivity (Wildman–Crippen MR) is 257 cm³/mol. The van der Waals surface area contributed by atoms with Crippen molar-refractivity contribution in [2.75, 3.05) is 6.54 Å². The van der Waals surface area contributed by atoms with Gasteiger partial charge in [-0.25, -0.2) is 19.4 Å². The van der Waals surface area contributed by atoms with Crippen molar-refractivity contribution in [3.05, 3.63) is 160 Å². The molecule has 0 saturated carbocycles. The third-order valence-corrected chi connectivity index (χ3v) is 10.3. The molecule has 70 heavy (non-hydrogen) atoms. The first-order valence-electron chi connectivity index (χ1n) is 22.1. The van der Waals surface area contributed by atoms with Gasteiger partial charge < -0.3 is 23.8 Å². The van der Waals surface area contributed by atoms with Gasteiger partial charge in [0.1, 0.15) is 28.8 Å². The fourth-order valence-corrected chi connectivity index (χ4v) is 7.35. The molecule has 1 aliphatic heterocycles. The Morgan fingerprint density at radius 3 is 1.73 bits per heavy atom. The van der Waals surface area contributed by atoms with Gasteiger partial charge in [-0.15, -0.1) is 0 Å². The fraction of sp³-hybridized carbons (Fsp3) is 0.302. The van der Waals surface area contributed by atoms with Crippen LogP contribution < -0.4 is 20.1 Å². The van der Waals surface area contributed by atoms with Gasteiger partial charge in [0.15, 0.2) is 0 Å². The molecule has 17 heteroatoms. The maximum atomic E-state index is 13.9. The van der Waals surface area contributed by atoms with Crippen LogP contribution in [0.5, 0.6) is 11.5 Å². The Kier molecular flexibility index (Phi) is 20.8. The molecule has 3 amide bonds. The molecule has 0 aliphatic carbocycles.